The molecular formula is C15H24FN3. The van der Waals surface area contributed by atoms with Crippen LogP contribution < -0.4 is 10.6 Å². The summed E-state index contributed by atoms with van der Waals surface area (Å²) >= 11 is 0. The molecule has 1 heterocycles. The number of benzene rings is 1. The van der Waals surface area contributed by atoms with Crippen LogP contribution in [0.5, 0.6) is 0 Å². The molecule has 0 spiro atoms. The molecule has 1 fully saturated rings. The zero-order valence-electron chi connectivity index (χ0n) is 11.8. The van der Waals surface area contributed by atoms with E-state index in [9.17, 15) is 4.39 Å². The number of nitrogens with zero attached hydrogens (tertiary/aromatic N) is 2. The molecule has 0 radical (unpaired) electrons. The van der Waals surface area contributed by atoms with Crippen molar-refractivity contribution in [3.8, 4) is 0 Å². The van der Waals surface area contributed by atoms with Gasteiger partial charge in [0, 0.05) is 30.9 Å². The molecule has 0 aliphatic carbocycles. The van der Waals surface area contributed by atoms with Crippen LogP contribution in [0.1, 0.15) is 19.8 Å². The fraction of sp³-hybridized carbons (Fsp3) is 0.600. The van der Waals surface area contributed by atoms with Crippen LogP contribution in [0, 0.1) is 5.82 Å². The van der Waals surface area contributed by atoms with E-state index in [0.717, 1.165) is 31.6 Å². The summed E-state index contributed by atoms with van der Waals surface area (Å²) in [7, 11) is 2.16. The summed E-state index contributed by atoms with van der Waals surface area (Å²) in [5, 5.41) is 0. The van der Waals surface area contributed by atoms with Gasteiger partial charge in [0.05, 0.1) is 0 Å². The molecule has 0 amide bonds. The lowest BCUT2D eigenvalue weighted by molar-refractivity contribution is 0.253. The highest BCUT2D eigenvalue weighted by molar-refractivity contribution is 5.48. The van der Waals surface area contributed by atoms with Gasteiger partial charge in [-0.25, -0.2) is 4.39 Å². The summed E-state index contributed by atoms with van der Waals surface area (Å²) in [6.45, 7) is 4.85. The lowest BCUT2D eigenvalue weighted by Crippen LogP contribution is -2.42. The van der Waals surface area contributed by atoms with Crippen molar-refractivity contribution in [1.29, 1.82) is 0 Å². The minimum Gasteiger partial charge on any atom is -0.367 e. The molecule has 1 aliphatic rings. The van der Waals surface area contributed by atoms with E-state index in [1.54, 1.807) is 12.1 Å². The van der Waals surface area contributed by atoms with Crippen molar-refractivity contribution in [2.24, 2.45) is 5.73 Å². The quantitative estimate of drug-likeness (QED) is 0.908. The van der Waals surface area contributed by atoms with E-state index < -0.39 is 0 Å². The Morgan fingerprint density at radius 1 is 1.42 bits per heavy atom. The number of likely N-dealkylation sites (N-methyl/N-ethyl adjacent to an activating group) is 1. The Morgan fingerprint density at radius 3 is 2.89 bits per heavy atom. The average Bonchev–Trinajstić information content (AvgIpc) is 2.51. The third-order valence-corrected chi connectivity index (χ3v) is 4.12. The fourth-order valence-electron chi connectivity index (χ4n) is 2.77. The van der Waals surface area contributed by atoms with Gasteiger partial charge in [0.1, 0.15) is 5.82 Å². The Morgan fingerprint density at radius 2 is 2.21 bits per heavy atom. The van der Waals surface area contributed by atoms with Crippen molar-refractivity contribution in [2.45, 2.75) is 31.8 Å². The molecule has 3 nitrogen and oxygen atoms in total. The molecular weight excluding hydrogens is 241 g/mol. The molecule has 2 rings (SSSR count). The zero-order chi connectivity index (χ0) is 13.8. The molecule has 1 aromatic rings. The van der Waals surface area contributed by atoms with Gasteiger partial charge in [0.25, 0.3) is 0 Å². The molecule has 106 valence electrons. The standard InChI is InChI=1S/C15H24FN3/c1-12-7-9-19(14-5-3-4-13(16)10-14)15(6-8-17)11-18(12)2/h3-5,10,12,15H,6-9,11,17H2,1-2H3. The summed E-state index contributed by atoms with van der Waals surface area (Å²) in [6, 6.07) is 7.80. The molecule has 19 heavy (non-hydrogen) atoms. The first-order valence-corrected chi connectivity index (χ1v) is 7.04. The number of halogens is 1. The third-order valence-electron chi connectivity index (χ3n) is 4.12. The summed E-state index contributed by atoms with van der Waals surface area (Å²) < 4.78 is 13.4. The fourth-order valence-corrected chi connectivity index (χ4v) is 2.77. The average molecular weight is 265 g/mol. The summed E-state index contributed by atoms with van der Waals surface area (Å²) in [6.07, 6.45) is 2.03. The van der Waals surface area contributed by atoms with Gasteiger partial charge in [0.15, 0.2) is 0 Å². The number of anilines is 1. The molecule has 0 saturated carbocycles. The first kappa shape index (κ1) is 14.3. The molecule has 0 bridgehead atoms. The second kappa shape index (κ2) is 6.35. The zero-order valence-corrected chi connectivity index (χ0v) is 11.8. The van der Waals surface area contributed by atoms with Gasteiger partial charge < -0.3 is 15.5 Å². The molecule has 4 heteroatoms. The normalized spacial score (nSPS) is 25.4. The smallest absolute Gasteiger partial charge is 0.125 e. The molecule has 2 unspecified atom stereocenters. The monoisotopic (exact) mass is 265 g/mol. The van der Waals surface area contributed by atoms with E-state index in [-0.39, 0.29) is 5.82 Å². The van der Waals surface area contributed by atoms with Crippen molar-refractivity contribution < 1.29 is 4.39 Å². The Balaban J connectivity index is 2.24. The van der Waals surface area contributed by atoms with Crippen LogP contribution in [0.15, 0.2) is 24.3 Å². The van der Waals surface area contributed by atoms with Crippen molar-refractivity contribution in [3.63, 3.8) is 0 Å². The maximum Gasteiger partial charge on any atom is 0.125 e. The van der Waals surface area contributed by atoms with E-state index in [4.69, 9.17) is 5.73 Å². The topological polar surface area (TPSA) is 32.5 Å². The van der Waals surface area contributed by atoms with Crippen LogP contribution >= 0.6 is 0 Å². The van der Waals surface area contributed by atoms with E-state index in [0.29, 0.717) is 18.6 Å². The molecule has 2 N–H and O–H groups in total. The summed E-state index contributed by atoms with van der Waals surface area (Å²) in [5.41, 5.74) is 6.71. The Labute approximate surface area is 115 Å². The van der Waals surface area contributed by atoms with Crippen LogP contribution in [0.4, 0.5) is 10.1 Å². The van der Waals surface area contributed by atoms with Gasteiger partial charge >= 0.3 is 0 Å². The summed E-state index contributed by atoms with van der Waals surface area (Å²) in [5.74, 6) is -0.172. The minimum atomic E-state index is -0.172. The molecule has 0 aromatic heterocycles. The lowest BCUT2D eigenvalue weighted by Gasteiger charge is -2.33. The predicted molar refractivity (Wildman–Crippen MR) is 77.9 cm³/mol. The van der Waals surface area contributed by atoms with Gasteiger partial charge in [-0.15, -0.1) is 0 Å². The van der Waals surface area contributed by atoms with E-state index in [2.05, 4.69) is 23.8 Å². The van der Waals surface area contributed by atoms with Gasteiger partial charge in [-0.05, 0) is 51.6 Å². The second-order valence-corrected chi connectivity index (χ2v) is 5.48. The number of hydrogen-bond acceptors (Lipinski definition) is 3. The van der Waals surface area contributed by atoms with Gasteiger partial charge in [0.2, 0.25) is 0 Å². The van der Waals surface area contributed by atoms with Gasteiger partial charge in [-0.3, -0.25) is 0 Å². The van der Waals surface area contributed by atoms with Crippen molar-refractivity contribution in [2.75, 3.05) is 31.6 Å². The SMILES string of the molecule is CC1CCN(c2cccc(F)c2)C(CCN)CN1C. The summed E-state index contributed by atoms with van der Waals surface area (Å²) in [4.78, 5) is 4.69. The van der Waals surface area contributed by atoms with Crippen molar-refractivity contribution in [1.82, 2.24) is 4.90 Å². The van der Waals surface area contributed by atoms with Gasteiger partial charge in [-0.2, -0.15) is 0 Å². The second-order valence-electron chi connectivity index (χ2n) is 5.48. The van der Waals surface area contributed by atoms with Crippen LogP contribution in [0.2, 0.25) is 0 Å². The van der Waals surface area contributed by atoms with Crippen LogP contribution in [-0.4, -0.2) is 43.7 Å². The highest BCUT2D eigenvalue weighted by Gasteiger charge is 2.26. The van der Waals surface area contributed by atoms with Crippen LogP contribution in [0.25, 0.3) is 0 Å². The Hall–Kier alpha value is -1.13. The minimum absolute atomic E-state index is 0.172. The van der Waals surface area contributed by atoms with E-state index >= 15 is 0 Å². The van der Waals surface area contributed by atoms with Gasteiger partial charge in [-0.1, -0.05) is 6.07 Å². The maximum atomic E-state index is 13.4. The number of nitrogens with two attached hydrogens (primary N) is 1. The highest BCUT2D eigenvalue weighted by atomic mass is 19.1. The molecule has 1 aromatic carbocycles. The van der Waals surface area contributed by atoms with Crippen LogP contribution in [-0.2, 0) is 0 Å². The first-order chi connectivity index (χ1) is 9.11. The maximum absolute atomic E-state index is 13.4. The van der Waals surface area contributed by atoms with Crippen molar-refractivity contribution >= 4 is 5.69 Å². The lowest BCUT2D eigenvalue weighted by atomic mass is 10.1. The highest BCUT2D eigenvalue weighted by Crippen LogP contribution is 2.24. The van der Waals surface area contributed by atoms with Crippen molar-refractivity contribution in [3.05, 3.63) is 30.1 Å². The Kier molecular flexibility index (Phi) is 4.77. The van der Waals surface area contributed by atoms with Crippen LogP contribution in [0.3, 0.4) is 0 Å². The molecule has 1 aliphatic heterocycles. The first-order valence-electron chi connectivity index (χ1n) is 7.04. The number of hydrogen-bond donors (Lipinski definition) is 1. The Bertz CT molecular complexity index is 410. The molecule has 1 saturated heterocycles. The van der Waals surface area contributed by atoms with E-state index in [1.807, 2.05) is 6.07 Å². The molecule has 2 atom stereocenters. The third kappa shape index (κ3) is 3.45. The predicted octanol–water partition coefficient (Wildman–Crippen LogP) is 2.07. The largest absolute Gasteiger partial charge is 0.367 e. The number of rotatable bonds is 3. The van der Waals surface area contributed by atoms with E-state index in [1.165, 1.54) is 6.07 Å².